The van der Waals surface area contributed by atoms with Crippen molar-refractivity contribution < 1.29 is 19.1 Å². The highest BCUT2D eigenvalue weighted by atomic mass is 16.5. The summed E-state index contributed by atoms with van der Waals surface area (Å²) in [7, 11) is 0. The molecular formula is C17H22O4. The van der Waals surface area contributed by atoms with E-state index in [2.05, 4.69) is 6.92 Å². The van der Waals surface area contributed by atoms with E-state index in [1.54, 1.807) is 19.1 Å². The summed E-state index contributed by atoms with van der Waals surface area (Å²) in [5, 5.41) is 0. The average molecular weight is 290 g/mol. The highest BCUT2D eigenvalue weighted by Crippen LogP contribution is 2.10. The largest absolute Gasteiger partial charge is 0.466 e. The normalized spacial score (nSPS) is 10.2. The second-order valence-electron chi connectivity index (χ2n) is 4.82. The van der Waals surface area contributed by atoms with Gasteiger partial charge in [-0.2, -0.15) is 0 Å². The Hall–Kier alpha value is -1.97. The van der Waals surface area contributed by atoms with Crippen LogP contribution in [-0.2, 0) is 20.7 Å². The summed E-state index contributed by atoms with van der Waals surface area (Å²) >= 11 is 0. The number of carbonyl (C=O) groups is 3. The molecule has 0 saturated carbocycles. The van der Waals surface area contributed by atoms with Crippen molar-refractivity contribution in [2.75, 3.05) is 6.61 Å². The molecular weight excluding hydrogens is 268 g/mol. The number of carbonyl (C=O) groups excluding carboxylic acids is 3. The van der Waals surface area contributed by atoms with Crippen LogP contribution in [-0.4, -0.2) is 24.1 Å². The Morgan fingerprint density at radius 3 is 2.10 bits per heavy atom. The molecule has 0 aromatic heterocycles. The molecule has 0 fully saturated rings. The zero-order valence-electron chi connectivity index (χ0n) is 12.7. The molecule has 0 radical (unpaired) electrons. The first-order chi connectivity index (χ1) is 10.1. The Morgan fingerprint density at radius 2 is 1.52 bits per heavy atom. The third kappa shape index (κ3) is 6.34. The second kappa shape index (κ2) is 9.06. The summed E-state index contributed by atoms with van der Waals surface area (Å²) in [6.45, 7) is 4.10. The van der Waals surface area contributed by atoms with E-state index in [0.717, 1.165) is 6.42 Å². The molecule has 114 valence electrons. The van der Waals surface area contributed by atoms with Crippen molar-refractivity contribution in [3.8, 4) is 0 Å². The maximum atomic E-state index is 11.9. The SMILES string of the molecule is CCOC(=O)CCC(=O)CCC(=O)c1ccc(CC)cc1. The highest BCUT2D eigenvalue weighted by molar-refractivity contribution is 5.98. The molecule has 0 aliphatic carbocycles. The smallest absolute Gasteiger partial charge is 0.306 e. The lowest BCUT2D eigenvalue weighted by Crippen LogP contribution is -2.09. The van der Waals surface area contributed by atoms with Crippen LogP contribution >= 0.6 is 0 Å². The number of hydrogen-bond donors (Lipinski definition) is 0. The zero-order chi connectivity index (χ0) is 15.7. The highest BCUT2D eigenvalue weighted by Gasteiger charge is 2.11. The quantitative estimate of drug-likeness (QED) is 0.518. The van der Waals surface area contributed by atoms with E-state index in [9.17, 15) is 14.4 Å². The van der Waals surface area contributed by atoms with Crippen LogP contribution in [0.5, 0.6) is 0 Å². The summed E-state index contributed by atoms with van der Waals surface area (Å²) in [5.41, 5.74) is 1.81. The van der Waals surface area contributed by atoms with Crippen LogP contribution in [0.15, 0.2) is 24.3 Å². The van der Waals surface area contributed by atoms with Gasteiger partial charge in [-0.15, -0.1) is 0 Å². The molecule has 0 aliphatic rings. The van der Waals surface area contributed by atoms with Gasteiger partial charge in [0.2, 0.25) is 0 Å². The minimum Gasteiger partial charge on any atom is -0.466 e. The average Bonchev–Trinajstić information content (AvgIpc) is 2.51. The second-order valence-corrected chi connectivity index (χ2v) is 4.82. The molecule has 0 aliphatic heterocycles. The van der Waals surface area contributed by atoms with Crippen molar-refractivity contribution in [3.63, 3.8) is 0 Å². The molecule has 4 nitrogen and oxygen atoms in total. The predicted molar refractivity (Wildman–Crippen MR) is 80.3 cm³/mol. The fourth-order valence-corrected chi connectivity index (χ4v) is 1.92. The summed E-state index contributed by atoms with van der Waals surface area (Å²) in [5.74, 6) is -0.490. The number of hydrogen-bond acceptors (Lipinski definition) is 4. The monoisotopic (exact) mass is 290 g/mol. The molecule has 0 spiro atoms. The van der Waals surface area contributed by atoms with Crippen LogP contribution in [0.2, 0.25) is 0 Å². The number of esters is 1. The molecule has 1 aromatic rings. The number of rotatable bonds is 9. The van der Waals surface area contributed by atoms with E-state index >= 15 is 0 Å². The van der Waals surface area contributed by atoms with Gasteiger partial charge in [0.25, 0.3) is 0 Å². The number of benzene rings is 1. The van der Waals surface area contributed by atoms with E-state index in [4.69, 9.17) is 4.74 Å². The van der Waals surface area contributed by atoms with Crippen LogP contribution in [0, 0.1) is 0 Å². The Bertz CT molecular complexity index is 488. The molecule has 0 saturated heterocycles. The molecule has 0 unspecified atom stereocenters. The molecule has 1 aromatic carbocycles. The third-order valence-corrected chi connectivity index (χ3v) is 3.23. The van der Waals surface area contributed by atoms with Gasteiger partial charge in [-0.1, -0.05) is 31.2 Å². The maximum Gasteiger partial charge on any atom is 0.306 e. The molecule has 4 heteroatoms. The summed E-state index contributed by atoms with van der Waals surface area (Å²) < 4.78 is 4.75. The van der Waals surface area contributed by atoms with Crippen LogP contribution in [0.1, 0.15) is 55.5 Å². The van der Waals surface area contributed by atoms with Crippen molar-refractivity contribution in [1.29, 1.82) is 0 Å². The van der Waals surface area contributed by atoms with Crippen molar-refractivity contribution in [3.05, 3.63) is 35.4 Å². The van der Waals surface area contributed by atoms with Crippen molar-refractivity contribution >= 4 is 17.5 Å². The van der Waals surface area contributed by atoms with Gasteiger partial charge in [0, 0.05) is 24.8 Å². The van der Waals surface area contributed by atoms with Crippen LogP contribution in [0.3, 0.4) is 0 Å². The van der Waals surface area contributed by atoms with Crippen LogP contribution in [0.4, 0.5) is 0 Å². The Morgan fingerprint density at radius 1 is 0.905 bits per heavy atom. The van der Waals surface area contributed by atoms with Gasteiger partial charge in [0.15, 0.2) is 5.78 Å². The molecule has 1 rings (SSSR count). The van der Waals surface area contributed by atoms with E-state index < -0.39 is 0 Å². The lowest BCUT2D eigenvalue weighted by atomic mass is 10.0. The number of ether oxygens (including phenoxy) is 1. The van der Waals surface area contributed by atoms with Crippen molar-refractivity contribution in [1.82, 2.24) is 0 Å². The number of aryl methyl sites for hydroxylation is 1. The minimum absolute atomic E-state index is 0.0397. The summed E-state index contributed by atoms with van der Waals surface area (Å²) in [4.78, 5) is 34.7. The Balaban J connectivity index is 2.34. The Kier molecular flexibility index (Phi) is 7.37. The Labute approximate surface area is 125 Å². The molecule has 0 N–H and O–H groups in total. The molecule has 0 heterocycles. The molecule has 21 heavy (non-hydrogen) atoms. The van der Waals surface area contributed by atoms with Gasteiger partial charge in [0.1, 0.15) is 5.78 Å². The first-order valence-electron chi connectivity index (χ1n) is 7.36. The first kappa shape index (κ1) is 17.1. The third-order valence-electron chi connectivity index (χ3n) is 3.23. The standard InChI is InChI=1S/C17H22O4/c1-3-13-5-7-14(8-6-13)16(19)11-9-15(18)10-12-17(20)21-4-2/h5-8H,3-4,9-12H2,1-2H3. The number of Topliss-reactive ketones (excluding diaryl/α,β-unsaturated/α-hetero) is 2. The fraction of sp³-hybridized carbons (Fsp3) is 0.471. The van der Waals surface area contributed by atoms with Gasteiger partial charge in [-0.3, -0.25) is 14.4 Å². The summed E-state index contributed by atoms with van der Waals surface area (Å²) in [6, 6.07) is 7.44. The first-order valence-corrected chi connectivity index (χ1v) is 7.36. The van der Waals surface area contributed by atoms with Crippen LogP contribution < -0.4 is 0 Å². The van der Waals surface area contributed by atoms with E-state index in [-0.39, 0.29) is 43.2 Å². The van der Waals surface area contributed by atoms with Crippen molar-refractivity contribution in [2.45, 2.75) is 46.0 Å². The van der Waals surface area contributed by atoms with E-state index in [0.29, 0.717) is 12.2 Å². The van der Waals surface area contributed by atoms with Crippen LogP contribution in [0.25, 0.3) is 0 Å². The van der Waals surface area contributed by atoms with Gasteiger partial charge >= 0.3 is 5.97 Å². The fourth-order valence-electron chi connectivity index (χ4n) is 1.92. The maximum absolute atomic E-state index is 11.9. The van der Waals surface area contributed by atoms with Gasteiger partial charge in [-0.25, -0.2) is 0 Å². The topological polar surface area (TPSA) is 60.4 Å². The van der Waals surface area contributed by atoms with E-state index in [1.807, 2.05) is 12.1 Å². The zero-order valence-corrected chi connectivity index (χ0v) is 12.7. The molecule has 0 atom stereocenters. The van der Waals surface area contributed by atoms with Gasteiger partial charge in [-0.05, 0) is 18.9 Å². The lowest BCUT2D eigenvalue weighted by Gasteiger charge is -2.03. The lowest BCUT2D eigenvalue weighted by molar-refractivity contribution is -0.144. The molecule has 0 amide bonds. The minimum atomic E-state index is -0.368. The van der Waals surface area contributed by atoms with E-state index in [1.165, 1.54) is 5.56 Å². The van der Waals surface area contributed by atoms with Gasteiger partial charge in [0.05, 0.1) is 13.0 Å². The van der Waals surface area contributed by atoms with Gasteiger partial charge < -0.3 is 4.74 Å². The van der Waals surface area contributed by atoms with Crippen molar-refractivity contribution in [2.24, 2.45) is 0 Å². The number of ketones is 2. The molecule has 0 bridgehead atoms. The summed E-state index contributed by atoms with van der Waals surface area (Å²) in [6.07, 6.45) is 1.52. The predicted octanol–water partition coefficient (Wildman–Crippen LogP) is 3.12.